The Labute approximate surface area is 174 Å². The van der Waals surface area contributed by atoms with Gasteiger partial charge in [-0.05, 0) is 35.6 Å². The first-order chi connectivity index (χ1) is 13.9. The Kier molecular flexibility index (Phi) is 6.69. The summed E-state index contributed by atoms with van der Waals surface area (Å²) < 4.78 is 1.65. The number of hydrogen-bond acceptors (Lipinski definition) is 5. The van der Waals surface area contributed by atoms with Crippen molar-refractivity contribution >= 4 is 34.4 Å². The van der Waals surface area contributed by atoms with Crippen LogP contribution in [0.1, 0.15) is 39.2 Å². The normalized spacial score (nSPS) is 11.4. The number of rotatable bonds is 7. The van der Waals surface area contributed by atoms with E-state index in [2.05, 4.69) is 29.1 Å². The second kappa shape index (κ2) is 9.22. The predicted octanol–water partition coefficient (Wildman–Crippen LogP) is 4.30. The number of anilines is 1. The van der Waals surface area contributed by atoms with E-state index in [1.54, 1.807) is 22.9 Å². The molecule has 3 rings (SSSR count). The number of aromatic nitrogens is 3. The number of carbonyl (C=O) groups excluding carboxylic acids is 1. The molecule has 0 bridgehead atoms. The molecule has 0 atom stereocenters. The van der Waals surface area contributed by atoms with Gasteiger partial charge in [0, 0.05) is 18.4 Å². The van der Waals surface area contributed by atoms with Crippen LogP contribution in [0.25, 0.3) is 11.0 Å². The Balaban J connectivity index is 1.83. The van der Waals surface area contributed by atoms with Crippen LogP contribution in [0.4, 0.5) is 5.69 Å². The number of pyridine rings is 1. The monoisotopic (exact) mass is 410 g/mol. The minimum atomic E-state index is -0.130. The van der Waals surface area contributed by atoms with Gasteiger partial charge in [0.15, 0.2) is 10.8 Å². The lowest BCUT2D eigenvalue weighted by molar-refractivity contribution is -0.113. The molecule has 1 N–H and O–H groups in total. The fourth-order valence-corrected chi connectivity index (χ4v) is 3.90. The highest BCUT2D eigenvalue weighted by atomic mass is 32.2. The second-order valence-electron chi connectivity index (χ2n) is 7.66. The topological polar surface area (TPSA) is 76.9 Å². The molecular weight excluding hydrogens is 384 g/mol. The minimum absolute atomic E-state index is 0.120. The van der Waals surface area contributed by atoms with Gasteiger partial charge >= 0.3 is 0 Å². The molecule has 2 aromatic heterocycles. The van der Waals surface area contributed by atoms with E-state index in [0.717, 1.165) is 11.3 Å². The molecule has 152 valence electrons. The first-order valence-corrected chi connectivity index (χ1v) is 10.7. The maximum atomic E-state index is 12.9. The standard InChI is InChI=1S/C22H26N4O2S/c1-14(2)12-26-21(28)17-9-7-11-23-20(17)25-22(26)29-13-19(27)24-18-10-6-5-8-16(18)15(3)4/h5-11,14-15H,12-13H2,1-4H3,(H,24,27). The summed E-state index contributed by atoms with van der Waals surface area (Å²) in [5, 5.41) is 3.99. The zero-order valence-corrected chi connectivity index (χ0v) is 18.0. The maximum absolute atomic E-state index is 12.9. The summed E-state index contributed by atoms with van der Waals surface area (Å²) >= 11 is 1.26. The number of hydrogen-bond donors (Lipinski definition) is 1. The summed E-state index contributed by atoms with van der Waals surface area (Å²) in [6.45, 7) is 8.82. The van der Waals surface area contributed by atoms with Crippen LogP contribution in [-0.4, -0.2) is 26.2 Å². The number of fused-ring (bicyclic) bond motifs is 1. The number of amides is 1. The van der Waals surface area contributed by atoms with Crippen molar-refractivity contribution in [3.05, 3.63) is 58.5 Å². The molecule has 0 aliphatic heterocycles. The van der Waals surface area contributed by atoms with E-state index < -0.39 is 0 Å². The molecule has 0 aliphatic rings. The molecule has 1 aromatic carbocycles. The third-order valence-corrected chi connectivity index (χ3v) is 5.41. The predicted molar refractivity (Wildman–Crippen MR) is 119 cm³/mol. The van der Waals surface area contributed by atoms with Gasteiger partial charge in [-0.1, -0.05) is 57.7 Å². The van der Waals surface area contributed by atoms with Gasteiger partial charge in [0.25, 0.3) is 5.56 Å². The first kappa shape index (κ1) is 21.0. The third-order valence-electron chi connectivity index (χ3n) is 4.43. The van der Waals surface area contributed by atoms with Crippen LogP contribution >= 0.6 is 11.8 Å². The van der Waals surface area contributed by atoms with Crippen molar-refractivity contribution in [3.8, 4) is 0 Å². The molecule has 0 fully saturated rings. The van der Waals surface area contributed by atoms with E-state index in [9.17, 15) is 9.59 Å². The van der Waals surface area contributed by atoms with Gasteiger partial charge in [-0.2, -0.15) is 0 Å². The fraction of sp³-hybridized carbons (Fsp3) is 0.364. The zero-order valence-electron chi connectivity index (χ0n) is 17.2. The molecule has 7 heteroatoms. The van der Waals surface area contributed by atoms with Crippen LogP contribution in [0.15, 0.2) is 52.5 Å². The Hall–Kier alpha value is -2.67. The lowest BCUT2D eigenvalue weighted by atomic mass is 10.0. The summed E-state index contributed by atoms with van der Waals surface area (Å²) in [5.74, 6) is 0.614. The van der Waals surface area contributed by atoms with Gasteiger partial charge in [-0.25, -0.2) is 9.97 Å². The smallest absolute Gasteiger partial charge is 0.263 e. The maximum Gasteiger partial charge on any atom is 0.263 e. The van der Waals surface area contributed by atoms with Crippen molar-refractivity contribution < 1.29 is 4.79 Å². The van der Waals surface area contributed by atoms with Crippen LogP contribution in [0.3, 0.4) is 0 Å². The summed E-state index contributed by atoms with van der Waals surface area (Å²) in [6, 6.07) is 11.3. The zero-order chi connectivity index (χ0) is 21.0. The highest BCUT2D eigenvalue weighted by Gasteiger charge is 2.15. The molecule has 0 spiro atoms. The van der Waals surface area contributed by atoms with Crippen molar-refractivity contribution in [2.75, 3.05) is 11.1 Å². The van der Waals surface area contributed by atoms with Crippen molar-refractivity contribution in [1.29, 1.82) is 0 Å². The van der Waals surface area contributed by atoms with Gasteiger partial charge in [-0.3, -0.25) is 14.2 Å². The summed E-state index contributed by atoms with van der Waals surface area (Å²) in [5.41, 5.74) is 2.20. The van der Waals surface area contributed by atoms with Gasteiger partial charge in [0.05, 0.1) is 11.1 Å². The van der Waals surface area contributed by atoms with Crippen molar-refractivity contribution in [3.63, 3.8) is 0 Å². The molecule has 0 aliphatic carbocycles. The molecule has 2 heterocycles. The van der Waals surface area contributed by atoms with Crippen LogP contribution < -0.4 is 10.9 Å². The SMILES string of the molecule is CC(C)Cn1c(SCC(=O)Nc2ccccc2C(C)C)nc2ncccc2c1=O. The van der Waals surface area contributed by atoms with Crippen molar-refractivity contribution in [2.24, 2.45) is 5.92 Å². The molecule has 3 aromatic rings. The Bertz CT molecular complexity index is 1080. The molecule has 0 radical (unpaired) electrons. The Morgan fingerprint density at radius 3 is 2.62 bits per heavy atom. The Morgan fingerprint density at radius 2 is 1.90 bits per heavy atom. The number of nitrogens with one attached hydrogen (secondary N) is 1. The summed E-state index contributed by atoms with van der Waals surface area (Å²) in [6.07, 6.45) is 1.62. The number of carbonyl (C=O) groups is 1. The second-order valence-corrected chi connectivity index (χ2v) is 8.60. The summed E-state index contributed by atoms with van der Waals surface area (Å²) in [7, 11) is 0. The molecule has 29 heavy (non-hydrogen) atoms. The van der Waals surface area contributed by atoms with E-state index in [1.165, 1.54) is 11.8 Å². The van der Waals surface area contributed by atoms with Gasteiger partial charge in [0.1, 0.15) is 0 Å². The van der Waals surface area contributed by atoms with Crippen LogP contribution in [0.2, 0.25) is 0 Å². The highest BCUT2D eigenvalue weighted by molar-refractivity contribution is 7.99. The van der Waals surface area contributed by atoms with Gasteiger partial charge in [0.2, 0.25) is 5.91 Å². The average molecular weight is 411 g/mol. The van der Waals surface area contributed by atoms with Crippen molar-refractivity contribution in [1.82, 2.24) is 14.5 Å². The van der Waals surface area contributed by atoms with E-state index >= 15 is 0 Å². The highest BCUT2D eigenvalue weighted by Crippen LogP contribution is 2.24. The molecule has 6 nitrogen and oxygen atoms in total. The van der Waals surface area contributed by atoms with Crippen molar-refractivity contribution in [2.45, 2.75) is 45.3 Å². The number of thioether (sulfide) groups is 1. The van der Waals surface area contributed by atoms with Crippen LogP contribution in [0.5, 0.6) is 0 Å². The molecule has 1 amide bonds. The Morgan fingerprint density at radius 1 is 1.14 bits per heavy atom. The van der Waals surface area contributed by atoms with Gasteiger partial charge in [-0.15, -0.1) is 0 Å². The van der Waals surface area contributed by atoms with E-state index in [1.807, 2.05) is 38.1 Å². The van der Waals surface area contributed by atoms with E-state index in [-0.39, 0.29) is 23.1 Å². The molecule has 0 saturated heterocycles. The van der Waals surface area contributed by atoms with E-state index in [0.29, 0.717) is 28.7 Å². The average Bonchev–Trinajstić information content (AvgIpc) is 2.69. The number of benzene rings is 1. The van der Waals surface area contributed by atoms with Crippen LogP contribution in [-0.2, 0) is 11.3 Å². The lowest BCUT2D eigenvalue weighted by Gasteiger charge is -2.15. The molecular formula is C22H26N4O2S. The molecule has 0 saturated carbocycles. The van der Waals surface area contributed by atoms with E-state index in [4.69, 9.17) is 0 Å². The summed E-state index contributed by atoms with van der Waals surface area (Å²) in [4.78, 5) is 34.2. The number of para-hydroxylation sites is 1. The van der Waals surface area contributed by atoms with Gasteiger partial charge < -0.3 is 5.32 Å². The minimum Gasteiger partial charge on any atom is -0.325 e. The number of nitrogens with zero attached hydrogens (tertiary/aromatic N) is 3. The third kappa shape index (κ3) is 5.03. The van der Waals surface area contributed by atoms with Crippen LogP contribution in [0, 0.1) is 5.92 Å². The lowest BCUT2D eigenvalue weighted by Crippen LogP contribution is -2.26. The first-order valence-electron chi connectivity index (χ1n) is 9.74. The fourth-order valence-electron chi connectivity index (χ4n) is 3.10. The largest absolute Gasteiger partial charge is 0.325 e. The molecule has 0 unspecified atom stereocenters. The quantitative estimate of drug-likeness (QED) is 0.464.